The fraction of sp³-hybridized carbons (Fsp3) is 0.889. The summed E-state index contributed by atoms with van der Waals surface area (Å²) in [5, 5.41) is 0. The van der Waals surface area contributed by atoms with Crippen molar-refractivity contribution in [2.75, 3.05) is 39.8 Å². The van der Waals surface area contributed by atoms with Gasteiger partial charge in [-0.1, -0.05) is 0 Å². The Balaban J connectivity index is 1.50. The van der Waals surface area contributed by atoms with Crippen molar-refractivity contribution in [3.63, 3.8) is 0 Å². The monoisotopic (exact) mass is 321 g/mol. The van der Waals surface area contributed by atoms with Crippen molar-refractivity contribution in [3.05, 3.63) is 0 Å². The average molecular weight is 321 g/mol. The highest BCUT2D eigenvalue weighted by atomic mass is 16.2. The van der Waals surface area contributed by atoms with E-state index in [9.17, 15) is 9.59 Å². The van der Waals surface area contributed by atoms with Crippen LogP contribution >= 0.6 is 0 Å². The molecule has 0 aromatic rings. The van der Waals surface area contributed by atoms with Crippen molar-refractivity contribution in [2.24, 2.45) is 11.3 Å². The predicted molar refractivity (Wildman–Crippen MR) is 89.9 cm³/mol. The van der Waals surface area contributed by atoms with E-state index < -0.39 is 0 Å². The molecule has 1 aliphatic carbocycles. The lowest BCUT2D eigenvalue weighted by Gasteiger charge is -2.39. The second kappa shape index (κ2) is 6.42. The summed E-state index contributed by atoms with van der Waals surface area (Å²) in [5.74, 6) is 1.34. The van der Waals surface area contributed by atoms with Crippen molar-refractivity contribution in [1.82, 2.24) is 14.7 Å². The van der Waals surface area contributed by atoms with E-state index in [-0.39, 0.29) is 11.3 Å². The highest BCUT2D eigenvalue weighted by Crippen LogP contribution is 2.42. The number of hydrogen-bond donors (Lipinski definition) is 0. The standard InChI is InChI=1S/C18H31N3O2/c1-14(2)19(3)12-17(23)20-8-6-18(7-9-20)10-16(22)21(13-18)11-15-4-5-15/h14-15H,4-13H2,1-3H3. The van der Waals surface area contributed by atoms with Gasteiger partial charge in [-0.2, -0.15) is 0 Å². The molecule has 0 aromatic carbocycles. The SMILES string of the molecule is CC(C)N(C)CC(=O)N1CCC2(CC1)CC(=O)N(CC1CC1)C2. The van der Waals surface area contributed by atoms with Gasteiger partial charge in [0.2, 0.25) is 11.8 Å². The number of piperidine rings is 1. The van der Waals surface area contributed by atoms with Gasteiger partial charge in [-0.15, -0.1) is 0 Å². The minimum absolute atomic E-state index is 0.146. The van der Waals surface area contributed by atoms with Gasteiger partial charge in [0.15, 0.2) is 0 Å². The predicted octanol–water partition coefficient (Wildman–Crippen LogP) is 1.58. The summed E-state index contributed by atoms with van der Waals surface area (Å²) in [6.45, 7) is 8.24. The summed E-state index contributed by atoms with van der Waals surface area (Å²) < 4.78 is 0. The molecule has 3 rings (SSSR count). The van der Waals surface area contributed by atoms with Crippen LogP contribution in [0.1, 0.15) is 46.0 Å². The third-order valence-corrected chi connectivity index (χ3v) is 6.02. The van der Waals surface area contributed by atoms with Crippen molar-refractivity contribution >= 4 is 11.8 Å². The maximum absolute atomic E-state index is 12.4. The molecule has 1 spiro atoms. The molecular weight excluding hydrogens is 290 g/mol. The van der Waals surface area contributed by atoms with Gasteiger partial charge in [-0.3, -0.25) is 14.5 Å². The van der Waals surface area contributed by atoms with E-state index >= 15 is 0 Å². The van der Waals surface area contributed by atoms with Crippen LogP contribution < -0.4 is 0 Å². The Morgan fingerprint density at radius 3 is 2.52 bits per heavy atom. The molecule has 23 heavy (non-hydrogen) atoms. The fourth-order valence-corrected chi connectivity index (χ4v) is 3.82. The number of hydrogen-bond acceptors (Lipinski definition) is 3. The number of amides is 2. The van der Waals surface area contributed by atoms with Crippen LogP contribution in [-0.2, 0) is 9.59 Å². The van der Waals surface area contributed by atoms with Crippen molar-refractivity contribution in [1.29, 1.82) is 0 Å². The average Bonchev–Trinajstić information content (AvgIpc) is 3.25. The normalized spacial score (nSPS) is 24.3. The molecule has 2 amide bonds. The van der Waals surface area contributed by atoms with Crippen LogP contribution in [0.25, 0.3) is 0 Å². The van der Waals surface area contributed by atoms with Gasteiger partial charge in [0.05, 0.1) is 6.54 Å². The first-order valence-electron chi connectivity index (χ1n) is 9.14. The molecule has 3 fully saturated rings. The third-order valence-electron chi connectivity index (χ3n) is 6.02. The summed E-state index contributed by atoms with van der Waals surface area (Å²) in [4.78, 5) is 30.9. The molecule has 0 N–H and O–H groups in total. The molecule has 130 valence electrons. The van der Waals surface area contributed by atoms with Crippen molar-refractivity contribution in [2.45, 2.75) is 52.0 Å². The zero-order valence-electron chi connectivity index (χ0n) is 14.9. The topological polar surface area (TPSA) is 43.9 Å². The molecular formula is C18H31N3O2. The summed E-state index contributed by atoms with van der Waals surface area (Å²) >= 11 is 0. The molecule has 2 aliphatic heterocycles. The minimum Gasteiger partial charge on any atom is -0.342 e. The Hall–Kier alpha value is -1.10. The summed E-state index contributed by atoms with van der Waals surface area (Å²) in [6.07, 6.45) is 5.26. The molecule has 5 heteroatoms. The number of rotatable bonds is 5. The zero-order valence-corrected chi connectivity index (χ0v) is 14.9. The van der Waals surface area contributed by atoms with Crippen LogP contribution in [0.15, 0.2) is 0 Å². The maximum atomic E-state index is 12.4. The third kappa shape index (κ3) is 3.87. The largest absolute Gasteiger partial charge is 0.342 e. The van der Waals surface area contributed by atoms with E-state index in [0.29, 0.717) is 24.9 Å². The fourth-order valence-electron chi connectivity index (χ4n) is 3.82. The van der Waals surface area contributed by atoms with E-state index in [1.165, 1.54) is 12.8 Å². The first-order chi connectivity index (χ1) is 10.9. The molecule has 0 unspecified atom stereocenters. The number of carbonyl (C=O) groups is 2. The lowest BCUT2D eigenvalue weighted by Crippen LogP contribution is -2.48. The highest BCUT2D eigenvalue weighted by molar-refractivity contribution is 5.80. The van der Waals surface area contributed by atoms with Crippen LogP contribution in [0.5, 0.6) is 0 Å². The molecule has 0 bridgehead atoms. The van der Waals surface area contributed by atoms with Gasteiger partial charge in [0, 0.05) is 44.1 Å². The number of nitrogens with zero attached hydrogens (tertiary/aromatic N) is 3. The number of likely N-dealkylation sites (tertiary alicyclic amines) is 2. The molecule has 3 aliphatic rings. The molecule has 5 nitrogen and oxygen atoms in total. The Morgan fingerprint density at radius 1 is 1.30 bits per heavy atom. The van der Waals surface area contributed by atoms with Gasteiger partial charge in [-0.25, -0.2) is 0 Å². The highest BCUT2D eigenvalue weighted by Gasteiger charge is 2.46. The molecule has 0 atom stereocenters. The van der Waals surface area contributed by atoms with Gasteiger partial charge in [0.25, 0.3) is 0 Å². The Bertz CT molecular complexity index is 465. The first kappa shape index (κ1) is 16.7. The van der Waals surface area contributed by atoms with Crippen LogP contribution in [0.4, 0.5) is 0 Å². The van der Waals surface area contributed by atoms with Crippen LogP contribution in [-0.4, -0.2) is 72.3 Å². The van der Waals surface area contributed by atoms with Crippen LogP contribution in [0, 0.1) is 11.3 Å². The second-order valence-corrected chi connectivity index (χ2v) is 8.28. The molecule has 2 heterocycles. The first-order valence-corrected chi connectivity index (χ1v) is 9.14. The van der Waals surface area contributed by atoms with E-state index in [2.05, 4.69) is 23.6 Å². The number of carbonyl (C=O) groups excluding carboxylic acids is 2. The molecule has 0 radical (unpaired) electrons. The van der Waals surface area contributed by atoms with Gasteiger partial charge >= 0.3 is 0 Å². The van der Waals surface area contributed by atoms with Gasteiger partial charge in [0.1, 0.15) is 0 Å². The Labute approximate surface area is 140 Å². The quantitative estimate of drug-likeness (QED) is 0.772. The minimum atomic E-state index is 0.146. The van der Waals surface area contributed by atoms with E-state index in [1.54, 1.807) is 0 Å². The molecule has 0 aromatic heterocycles. The Kier molecular flexibility index (Phi) is 4.68. The van der Waals surface area contributed by atoms with E-state index in [0.717, 1.165) is 44.9 Å². The number of likely N-dealkylation sites (N-methyl/N-ethyl adjacent to an activating group) is 1. The lowest BCUT2D eigenvalue weighted by molar-refractivity contribution is -0.134. The molecule has 2 saturated heterocycles. The smallest absolute Gasteiger partial charge is 0.236 e. The maximum Gasteiger partial charge on any atom is 0.236 e. The van der Waals surface area contributed by atoms with E-state index in [4.69, 9.17) is 0 Å². The van der Waals surface area contributed by atoms with Gasteiger partial charge in [-0.05, 0) is 52.5 Å². The van der Waals surface area contributed by atoms with E-state index in [1.807, 2.05) is 11.9 Å². The van der Waals surface area contributed by atoms with Gasteiger partial charge < -0.3 is 9.80 Å². The summed E-state index contributed by atoms with van der Waals surface area (Å²) in [7, 11) is 2.00. The second-order valence-electron chi connectivity index (χ2n) is 8.28. The van der Waals surface area contributed by atoms with Crippen LogP contribution in [0.2, 0.25) is 0 Å². The van der Waals surface area contributed by atoms with Crippen molar-refractivity contribution < 1.29 is 9.59 Å². The summed E-state index contributed by atoms with van der Waals surface area (Å²) in [6, 6.07) is 0.388. The molecule has 1 saturated carbocycles. The zero-order chi connectivity index (χ0) is 16.6. The van der Waals surface area contributed by atoms with Crippen molar-refractivity contribution in [3.8, 4) is 0 Å². The lowest BCUT2D eigenvalue weighted by atomic mass is 9.77. The summed E-state index contributed by atoms with van der Waals surface area (Å²) in [5.41, 5.74) is 0.146. The van der Waals surface area contributed by atoms with Crippen LogP contribution in [0.3, 0.4) is 0 Å². The Morgan fingerprint density at radius 2 is 1.96 bits per heavy atom.